The minimum absolute atomic E-state index is 0.563. The minimum atomic E-state index is -2.33. The lowest BCUT2D eigenvalue weighted by Gasteiger charge is -1.89. The van der Waals surface area contributed by atoms with E-state index in [1.54, 1.807) is 0 Å². The zero-order chi connectivity index (χ0) is 6.57. The second-order valence-corrected chi connectivity index (χ2v) is 2.32. The molecule has 0 bridgehead atoms. The highest BCUT2D eigenvalue weighted by Gasteiger charge is 1.95. The molecule has 0 aliphatic rings. The van der Waals surface area contributed by atoms with Gasteiger partial charge in [0.25, 0.3) is 6.43 Å². The molecule has 0 fully saturated rings. The zero-order valence-corrected chi connectivity index (χ0v) is 6.08. The zero-order valence-electron chi connectivity index (χ0n) is 4.50. The lowest BCUT2D eigenvalue weighted by Crippen LogP contribution is -1.81. The molecule has 0 saturated carbocycles. The molecule has 8 heavy (non-hydrogen) atoms. The highest BCUT2D eigenvalue weighted by molar-refractivity contribution is 9.11. The molecule has 0 amide bonds. The Morgan fingerprint density at radius 3 is 2.38 bits per heavy atom. The van der Waals surface area contributed by atoms with Crippen LogP contribution in [0.1, 0.15) is 13.3 Å². The second kappa shape index (κ2) is 4.01. The fraction of sp³-hybridized carbons (Fsp3) is 0.600. The van der Waals surface area contributed by atoms with Gasteiger partial charge in [-0.05, 0) is 17.0 Å². The van der Waals surface area contributed by atoms with Crippen molar-refractivity contribution in [3.05, 3.63) is 10.6 Å². The van der Waals surface area contributed by atoms with Gasteiger partial charge in [0.2, 0.25) is 0 Å². The van der Waals surface area contributed by atoms with E-state index in [1.807, 2.05) is 6.92 Å². The summed E-state index contributed by atoms with van der Waals surface area (Å²) in [5.41, 5.74) is 0. The van der Waals surface area contributed by atoms with Crippen molar-refractivity contribution >= 4 is 15.9 Å². The van der Waals surface area contributed by atoms with Crippen LogP contribution in [0, 0.1) is 0 Å². The van der Waals surface area contributed by atoms with E-state index < -0.39 is 6.43 Å². The number of rotatable bonds is 2. The van der Waals surface area contributed by atoms with Crippen molar-refractivity contribution < 1.29 is 8.78 Å². The topological polar surface area (TPSA) is 0 Å². The average molecular weight is 185 g/mol. The Labute approximate surface area is 55.7 Å². The maximum Gasteiger partial charge on any atom is 0.258 e. The van der Waals surface area contributed by atoms with Gasteiger partial charge >= 0.3 is 0 Å². The standard InChI is InChI=1S/C5H7BrF2/c1-2-4(6)3-5(7)8/h3,5H,2H2,1H3/b4-3-. The Kier molecular flexibility index (Phi) is 4.05. The third-order valence-corrected chi connectivity index (χ3v) is 1.47. The van der Waals surface area contributed by atoms with Gasteiger partial charge in [-0.25, -0.2) is 8.78 Å². The van der Waals surface area contributed by atoms with Gasteiger partial charge in [-0.3, -0.25) is 0 Å². The van der Waals surface area contributed by atoms with Crippen molar-refractivity contribution in [1.82, 2.24) is 0 Å². The first kappa shape index (κ1) is 8.08. The number of allylic oxidation sites excluding steroid dienone is 2. The largest absolute Gasteiger partial charge is 0.258 e. The number of alkyl halides is 2. The summed E-state index contributed by atoms with van der Waals surface area (Å²) >= 11 is 2.96. The first-order valence-electron chi connectivity index (χ1n) is 2.31. The number of hydrogen-bond acceptors (Lipinski definition) is 0. The van der Waals surface area contributed by atoms with Crippen molar-refractivity contribution in [2.45, 2.75) is 19.8 Å². The quantitative estimate of drug-likeness (QED) is 0.620. The third-order valence-electron chi connectivity index (χ3n) is 0.645. The van der Waals surface area contributed by atoms with Crippen molar-refractivity contribution in [2.75, 3.05) is 0 Å². The summed E-state index contributed by atoms with van der Waals surface area (Å²) in [6, 6.07) is 0. The van der Waals surface area contributed by atoms with E-state index in [0.29, 0.717) is 10.9 Å². The molecule has 0 radical (unpaired) electrons. The Morgan fingerprint density at radius 1 is 1.75 bits per heavy atom. The maximum absolute atomic E-state index is 11.4. The summed E-state index contributed by atoms with van der Waals surface area (Å²) in [4.78, 5) is 0. The van der Waals surface area contributed by atoms with Gasteiger partial charge in [-0.1, -0.05) is 22.9 Å². The van der Waals surface area contributed by atoms with Crippen LogP contribution in [-0.4, -0.2) is 6.43 Å². The second-order valence-electron chi connectivity index (χ2n) is 1.30. The van der Waals surface area contributed by atoms with E-state index >= 15 is 0 Å². The van der Waals surface area contributed by atoms with Crippen LogP contribution in [0.25, 0.3) is 0 Å². The van der Waals surface area contributed by atoms with E-state index in [9.17, 15) is 8.78 Å². The van der Waals surface area contributed by atoms with E-state index in [2.05, 4.69) is 15.9 Å². The molecule has 0 heterocycles. The molecule has 0 saturated heterocycles. The molecule has 0 N–H and O–H groups in total. The molecule has 0 unspecified atom stereocenters. The normalized spacial score (nSPS) is 12.9. The van der Waals surface area contributed by atoms with Gasteiger partial charge in [0, 0.05) is 0 Å². The third kappa shape index (κ3) is 4.24. The minimum Gasteiger partial charge on any atom is -0.206 e. The molecule has 0 aromatic rings. The van der Waals surface area contributed by atoms with Crippen molar-refractivity contribution in [3.63, 3.8) is 0 Å². The first-order valence-corrected chi connectivity index (χ1v) is 3.10. The van der Waals surface area contributed by atoms with Crippen LogP contribution in [0.3, 0.4) is 0 Å². The Balaban J connectivity index is 3.56. The molecule has 0 nitrogen and oxygen atoms in total. The van der Waals surface area contributed by atoms with Crippen LogP contribution < -0.4 is 0 Å². The van der Waals surface area contributed by atoms with Gasteiger partial charge in [0.1, 0.15) is 0 Å². The monoisotopic (exact) mass is 184 g/mol. The lowest BCUT2D eigenvalue weighted by atomic mass is 10.4. The molecule has 0 rings (SSSR count). The van der Waals surface area contributed by atoms with Gasteiger partial charge in [0.05, 0.1) is 0 Å². The maximum atomic E-state index is 11.4. The van der Waals surface area contributed by atoms with Crippen LogP contribution in [0.2, 0.25) is 0 Å². The molecule has 0 aromatic heterocycles. The summed E-state index contributed by atoms with van der Waals surface area (Å²) in [5, 5.41) is 0. The average Bonchev–Trinajstić information content (AvgIpc) is 1.65. The predicted molar refractivity (Wildman–Crippen MR) is 33.3 cm³/mol. The summed E-state index contributed by atoms with van der Waals surface area (Å²) in [5.74, 6) is 0. The molecule has 3 heteroatoms. The summed E-state index contributed by atoms with van der Waals surface area (Å²) < 4.78 is 23.3. The highest BCUT2D eigenvalue weighted by Crippen LogP contribution is 2.11. The van der Waals surface area contributed by atoms with E-state index in [4.69, 9.17) is 0 Å². The Morgan fingerprint density at radius 2 is 2.25 bits per heavy atom. The smallest absolute Gasteiger partial charge is 0.206 e. The molecule has 0 aromatic carbocycles. The van der Waals surface area contributed by atoms with Crippen LogP contribution >= 0.6 is 15.9 Å². The van der Waals surface area contributed by atoms with Crippen molar-refractivity contribution in [1.29, 1.82) is 0 Å². The molecule has 0 atom stereocenters. The molecule has 0 aliphatic carbocycles. The van der Waals surface area contributed by atoms with Gasteiger partial charge in [-0.15, -0.1) is 0 Å². The van der Waals surface area contributed by atoms with Crippen LogP contribution in [-0.2, 0) is 0 Å². The molecule has 0 aliphatic heterocycles. The summed E-state index contributed by atoms with van der Waals surface area (Å²) in [6.45, 7) is 1.81. The van der Waals surface area contributed by atoms with E-state index in [-0.39, 0.29) is 0 Å². The van der Waals surface area contributed by atoms with Crippen LogP contribution in [0.15, 0.2) is 10.6 Å². The molecule has 0 spiro atoms. The predicted octanol–water partition coefficient (Wildman–Crippen LogP) is 2.94. The Hall–Kier alpha value is 0.0800. The fourth-order valence-corrected chi connectivity index (χ4v) is 0.454. The van der Waals surface area contributed by atoms with Crippen LogP contribution in [0.5, 0.6) is 0 Å². The molecular formula is C5H7BrF2. The van der Waals surface area contributed by atoms with Gasteiger partial charge < -0.3 is 0 Å². The SMILES string of the molecule is CC/C(Br)=C/C(F)F. The van der Waals surface area contributed by atoms with E-state index in [0.717, 1.165) is 6.08 Å². The van der Waals surface area contributed by atoms with Crippen molar-refractivity contribution in [2.24, 2.45) is 0 Å². The molecular weight excluding hydrogens is 178 g/mol. The number of halogens is 3. The van der Waals surface area contributed by atoms with Crippen LogP contribution in [0.4, 0.5) is 8.78 Å². The van der Waals surface area contributed by atoms with Gasteiger partial charge in [0.15, 0.2) is 0 Å². The van der Waals surface area contributed by atoms with E-state index in [1.165, 1.54) is 0 Å². The summed E-state index contributed by atoms with van der Waals surface area (Å²) in [6.07, 6.45) is -0.811. The Bertz CT molecular complexity index is 88.4. The summed E-state index contributed by atoms with van der Waals surface area (Å²) in [7, 11) is 0. The highest BCUT2D eigenvalue weighted by atomic mass is 79.9. The molecule has 48 valence electrons. The first-order chi connectivity index (χ1) is 3.66. The van der Waals surface area contributed by atoms with Crippen molar-refractivity contribution in [3.8, 4) is 0 Å². The fourth-order valence-electron chi connectivity index (χ4n) is 0.255. The lowest BCUT2D eigenvalue weighted by molar-refractivity contribution is 0.203. The number of hydrogen-bond donors (Lipinski definition) is 0. The van der Waals surface area contributed by atoms with Gasteiger partial charge in [-0.2, -0.15) is 0 Å².